The second-order valence-electron chi connectivity index (χ2n) is 6.07. The molecule has 0 saturated carbocycles. The van der Waals surface area contributed by atoms with Gasteiger partial charge in [0, 0.05) is 31.2 Å². The predicted octanol–water partition coefficient (Wildman–Crippen LogP) is 2.18. The molecule has 3 rings (SSSR count). The fraction of sp³-hybridized carbons (Fsp3) is 0.368. The maximum Gasteiger partial charge on any atom is 0.226 e. The molecule has 1 aromatic heterocycles. The Morgan fingerprint density at radius 2 is 2.24 bits per heavy atom. The van der Waals surface area contributed by atoms with E-state index in [1.807, 2.05) is 37.4 Å². The van der Waals surface area contributed by atoms with Crippen LogP contribution in [0.15, 0.2) is 36.7 Å². The molecule has 132 valence electrons. The summed E-state index contributed by atoms with van der Waals surface area (Å²) in [6.07, 6.45) is 4.22. The van der Waals surface area contributed by atoms with Gasteiger partial charge in [0.1, 0.15) is 6.61 Å². The number of ether oxygens (including phenoxy) is 2. The molecular weight excluding hydrogens is 318 g/mol. The van der Waals surface area contributed by atoms with Gasteiger partial charge in [-0.25, -0.2) is 0 Å². The Balaban J connectivity index is 1.48. The summed E-state index contributed by atoms with van der Waals surface area (Å²) in [4.78, 5) is 16.4. The molecular formula is C19H23N3O3. The molecule has 2 heterocycles. The number of fused-ring (bicyclic) bond motifs is 1. The van der Waals surface area contributed by atoms with Crippen LogP contribution >= 0.6 is 0 Å². The van der Waals surface area contributed by atoms with Gasteiger partial charge in [0.05, 0.1) is 13.0 Å². The van der Waals surface area contributed by atoms with Gasteiger partial charge in [0.2, 0.25) is 5.91 Å². The first-order chi connectivity index (χ1) is 12.2. The van der Waals surface area contributed by atoms with Crippen molar-refractivity contribution in [3.05, 3.63) is 47.8 Å². The quantitative estimate of drug-likeness (QED) is 0.788. The van der Waals surface area contributed by atoms with Crippen molar-refractivity contribution in [2.24, 2.45) is 5.92 Å². The molecule has 1 aliphatic rings. The molecule has 0 bridgehead atoms. The normalized spacial score (nSPS) is 15.7. The number of rotatable bonds is 6. The van der Waals surface area contributed by atoms with Crippen LogP contribution in [0.1, 0.15) is 11.1 Å². The first-order valence-electron chi connectivity index (χ1n) is 8.40. The van der Waals surface area contributed by atoms with Crippen molar-refractivity contribution >= 4 is 11.6 Å². The zero-order valence-corrected chi connectivity index (χ0v) is 14.5. The Hall–Kier alpha value is -2.76. The van der Waals surface area contributed by atoms with Crippen LogP contribution in [0.3, 0.4) is 0 Å². The van der Waals surface area contributed by atoms with Crippen molar-refractivity contribution in [3.63, 3.8) is 0 Å². The highest BCUT2D eigenvalue weighted by Gasteiger charge is 2.27. The van der Waals surface area contributed by atoms with E-state index < -0.39 is 0 Å². The smallest absolute Gasteiger partial charge is 0.226 e. The molecule has 0 spiro atoms. The summed E-state index contributed by atoms with van der Waals surface area (Å²) in [5, 5.41) is 6.27. The van der Waals surface area contributed by atoms with Gasteiger partial charge in [-0.05, 0) is 36.6 Å². The largest absolute Gasteiger partial charge is 0.493 e. The van der Waals surface area contributed by atoms with Crippen LogP contribution in [0.4, 0.5) is 5.69 Å². The van der Waals surface area contributed by atoms with E-state index in [2.05, 4.69) is 15.6 Å². The minimum atomic E-state index is -0.178. The number of hydrogen-bond acceptors (Lipinski definition) is 5. The summed E-state index contributed by atoms with van der Waals surface area (Å²) in [7, 11) is 1.62. The van der Waals surface area contributed by atoms with E-state index in [0.29, 0.717) is 31.9 Å². The number of methoxy groups -OCH3 is 1. The predicted molar refractivity (Wildman–Crippen MR) is 96.2 cm³/mol. The number of pyridine rings is 1. The number of benzene rings is 1. The summed E-state index contributed by atoms with van der Waals surface area (Å²) in [5.74, 6) is 1.31. The summed E-state index contributed by atoms with van der Waals surface area (Å²) in [6, 6.07) is 7.69. The number of anilines is 1. The molecule has 6 heteroatoms. The molecule has 1 aliphatic heterocycles. The number of amides is 1. The lowest BCUT2D eigenvalue weighted by molar-refractivity contribution is -0.126. The maximum absolute atomic E-state index is 12.4. The van der Waals surface area contributed by atoms with Crippen LogP contribution in [0.2, 0.25) is 0 Å². The molecule has 25 heavy (non-hydrogen) atoms. The van der Waals surface area contributed by atoms with Crippen molar-refractivity contribution in [1.82, 2.24) is 10.3 Å². The molecule has 1 amide bonds. The van der Waals surface area contributed by atoms with E-state index in [-0.39, 0.29) is 11.8 Å². The van der Waals surface area contributed by atoms with Crippen LogP contribution in [0, 0.1) is 12.8 Å². The fourth-order valence-electron chi connectivity index (χ4n) is 2.92. The number of nitrogens with zero attached hydrogens (tertiary/aromatic N) is 1. The summed E-state index contributed by atoms with van der Waals surface area (Å²) < 4.78 is 11.1. The second kappa shape index (κ2) is 7.88. The van der Waals surface area contributed by atoms with Crippen LogP contribution < -0.4 is 20.1 Å². The molecule has 0 fully saturated rings. The Morgan fingerprint density at radius 3 is 3.04 bits per heavy atom. The molecule has 0 unspecified atom stereocenters. The molecule has 6 nitrogen and oxygen atoms in total. The van der Waals surface area contributed by atoms with Gasteiger partial charge in [-0.1, -0.05) is 12.1 Å². The van der Waals surface area contributed by atoms with E-state index in [4.69, 9.17) is 9.47 Å². The first kappa shape index (κ1) is 17.1. The lowest BCUT2D eigenvalue weighted by atomic mass is 9.95. The van der Waals surface area contributed by atoms with Gasteiger partial charge in [-0.3, -0.25) is 9.78 Å². The maximum atomic E-state index is 12.4. The number of para-hydroxylation sites is 1. The highest BCUT2D eigenvalue weighted by atomic mass is 16.5. The van der Waals surface area contributed by atoms with E-state index in [0.717, 1.165) is 22.6 Å². The standard InChI is InChI=1S/C19H23N3O3/c1-13-11-20-7-6-16(13)21-8-9-22-19(23)15-10-14-4-3-5-17(24-2)18(14)25-12-15/h3-7,11,15H,8-10,12H2,1-2H3,(H,20,21)(H,22,23)/t15-/m0/s1. The van der Waals surface area contributed by atoms with Crippen molar-refractivity contribution in [3.8, 4) is 11.5 Å². The number of carbonyl (C=O) groups excluding carboxylic acids is 1. The molecule has 1 aromatic carbocycles. The van der Waals surface area contributed by atoms with E-state index in [1.165, 1.54) is 0 Å². The fourth-order valence-corrected chi connectivity index (χ4v) is 2.92. The van der Waals surface area contributed by atoms with Gasteiger partial charge in [-0.2, -0.15) is 0 Å². The minimum Gasteiger partial charge on any atom is -0.493 e. The number of aromatic nitrogens is 1. The van der Waals surface area contributed by atoms with Crippen LogP contribution in [-0.2, 0) is 11.2 Å². The third-order valence-corrected chi connectivity index (χ3v) is 4.31. The second-order valence-corrected chi connectivity index (χ2v) is 6.07. The minimum absolute atomic E-state index is 0.0155. The highest BCUT2D eigenvalue weighted by molar-refractivity contribution is 5.79. The third kappa shape index (κ3) is 4.02. The summed E-state index contributed by atoms with van der Waals surface area (Å²) >= 11 is 0. The summed E-state index contributed by atoms with van der Waals surface area (Å²) in [6.45, 7) is 3.59. The average Bonchev–Trinajstić information content (AvgIpc) is 2.65. The van der Waals surface area contributed by atoms with E-state index >= 15 is 0 Å². The lowest BCUT2D eigenvalue weighted by Crippen LogP contribution is -2.39. The van der Waals surface area contributed by atoms with E-state index in [1.54, 1.807) is 13.3 Å². The average molecular weight is 341 g/mol. The molecule has 0 saturated heterocycles. The van der Waals surface area contributed by atoms with Crippen LogP contribution in [0.5, 0.6) is 11.5 Å². The Bertz CT molecular complexity index is 748. The zero-order valence-electron chi connectivity index (χ0n) is 14.5. The van der Waals surface area contributed by atoms with Crippen LogP contribution in [-0.4, -0.2) is 37.7 Å². The van der Waals surface area contributed by atoms with Gasteiger partial charge in [0.15, 0.2) is 11.5 Å². The van der Waals surface area contributed by atoms with Gasteiger partial charge in [-0.15, -0.1) is 0 Å². The molecule has 0 radical (unpaired) electrons. The topological polar surface area (TPSA) is 72.5 Å². The summed E-state index contributed by atoms with van der Waals surface area (Å²) in [5.41, 5.74) is 3.13. The molecule has 2 N–H and O–H groups in total. The monoisotopic (exact) mass is 341 g/mol. The zero-order chi connectivity index (χ0) is 17.6. The van der Waals surface area contributed by atoms with Gasteiger partial charge in [0.25, 0.3) is 0 Å². The van der Waals surface area contributed by atoms with Crippen molar-refractivity contribution in [1.29, 1.82) is 0 Å². The Morgan fingerprint density at radius 1 is 1.36 bits per heavy atom. The highest BCUT2D eigenvalue weighted by Crippen LogP contribution is 2.35. The Labute approximate surface area is 147 Å². The molecule has 1 atom stereocenters. The van der Waals surface area contributed by atoms with Crippen molar-refractivity contribution < 1.29 is 14.3 Å². The number of nitrogens with one attached hydrogen (secondary N) is 2. The number of carbonyl (C=O) groups is 1. The first-order valence-corrected chi connectivity index (χ1v) is 8.40. The number of aryl methyl sites for hydroxylation is 1. The van der Waals surface area contributed by atoms with Gasteiger partial charge >= 0.3 is 0 Å². The van der Waals surface area contributed by atoms with Gasteiger partial charge < -0.3 is 20.1 Å². The van der Waals surface area contributed by atoms with Crippen molar-refractivity contribution in [2.75, 3.05) is 32.1 Å². The van der Waals surface area contributed by atoms with E-state index in [9.17, 15) is 4.79 Å². The lowest BCUT2D eigenvalue weighted by Gasteiger charge is -2.25. The van der Waals surface area contributed by atoms with Crippen molar-refractivity contribution in [2.45, 2.75) is 13.3 Å². The third-order valence-electron chi connectivity index (χ3n) is 4.31. The molecule has 2 aromatic rings. The number of hydrogen-bond donors (Lipinski definition) is 2. The molecule has 0 aliphatic carbocycles. The SMILES string of the molecule is COc1cccc2c1OC[C@@H](C(=O)NCCNc1ccncc1C)C2. The van der Waals surface area contributed by atoms with Crippen LogP contribution in [0.25, 0.3) is 0 Å². The Kier molecular flexibility index (Phi) is 5.38.